The Morgan fingerprint density at radius 2 is 2.04 bits per heavy atom. The van der Waals surface area contributed by atoms with Crippen molar-refractivity contribution in [1.29, 1.82) is 0 Å². The van der Waals surface area contributed by atoms with E-state index >= 15 is 0 Å². The Labute approximate surface area is 138 Å². The number of hydrogen-bond acceptors (Lipinski definition) is 4. The number of aromatic nitrogens is 2. The molecule has 0 unspecified atom stereocenters. The van der Waals surface area contributed by atoms with E-state index in [9.17, 15) is 9.59 Å². The minimum absolute atomic E-state index is 0.136. The number of amides is 1. The Balaban J connectivity index is 1.88. The summed E-state index contributed by atoms with van der Waals surface area (Å²) < 4.78 is 7.25. The molecule has 0 aliphatic heterocycles. The van der Waals surface area contributed by atoms with Crippen molar-refractivity contribution in [2.24, 2.45) is 0 Å². The fraction of sp³-hybridized carbons (Fsp3) is 0.167. The average Bonchev–Trinajstić information content (AvgIpc) is 2.54. The smallest absolute Gasteiger partial charge is 0.258 e. The molecular formula is C18H17N3O3. The minimum Gasteiger partial charge on any atom is -0.485 e. The summed E-state index contributed by atoms with van der Waals surface area (Å²) in [6.45, 7) is 3.47. The maximum absolute atomic E-state index is 12.2. The topological polar surface area (TPSA) is 72.7 Å². The molecule has 2 aromatic heterocycles. The van der Waals surface area contributed by atoms with Crippen molar-refractivity contribution in [3.05, 3.63) is 70.3 Å². The second kappa shape index (κ2) is 6.54. The molecule has 1 amide bonds. The van der Waals surface area contributed by atoms with Gasteiger partial charge in [-0.25, -0.2) is 4.98 Å². The number of carbonyl (C=O) groups excluding carboxylic acids is 1. The molecule has 6 nitrogen and oxygen atoms in total. The van der Waals surface area contributed by atoms with Gasteiger partial charge in [0.2, 0.25) is 5.91 Å². The van der Waals surface area contributed by atoms with Crippen molar-refractivity contribution in [1.82, 2.24) is 9.38 Å². The normalized spacial score (nSPS) is 10.6. The lowest BCUT2D eigenvalue weighted by Crippen LogP contribution is -2.17. The zero-order valence-electron chi connectivity index (χ0n) is 13.4. The largest absolute Gasteiger partial charge is 0.485 e. The summed E-state index contributed by atoms with van der Waals surface area (Å²) in [5.41, 5.74) is 2.48. The first-order valence-corrected chi connectivity index (χ1v) is 7.52. The molecule has 1 aromatic carbocycles. The highest BCUT2D eigenvalue weighted by molar-refractivity contribution is 5.90. The lowest BCUT2D eigenvalue weighted by atomic mass is 10.3. The third kappa shape index (κ3) is 3.27. The van der Waals surface area contributed by atoms with Crippen LogP contribution in [0.3, 0.4) is 0 Å². The Morgan fingerprint density at radius 1 is 1.25 bits per heavy atom. The van der Waals surface area contributed by atoms with Crippen LogP contribution in [-0.4, -0.2) is 15.3 Å². The standard InChI is InChI=1S/C18H17N3O3/c1-12-6-5-9-21-17(23)10-14(20-18(12)21)11-24-16-8-4-3-7-15(16)19-13(2)22/h3-10H,11H2,1-2H3,(H,19,22). The molecule has 0 bridgehead atoms. The van der Waals surface area contributed by atoms with E-state index in [1.807, 2.05) is 31.2 Å². The lowest BCUT2D eigenvalue weighted by molar-refractivity contribution is -0.114. The van der Waals surface area contributed by atoms with E-state index in [-0.39, 0.29) is 18.1 Å². The first kappa shape index (κ1) is 15.7. The van der Waals surface area contributed by atoms with Gasteiger partial charge in [0.15, 0.2) is 0 Å². The first-order valence-electron chi connectivity index (χ1n) is 7.52. The lowest BCUT2D eigenvalue weighted by Gasteiger charge is -2.12. The van der Waals surface area contributed by atoms with Crippen LogP contribution in [0.4, 0.5) is 5.69 Å². The van der Waals surface area contributed by atoms with Crippen LogP contribution < -0.4 is 15.6 Å². The summed E-state index contributed by atoms with van der Waals surface area (Å²) in [4.78, 5) is 27.9. The number of aryl methyl sites for hydroxylation is 1. The van der Waals surface area contributed by atoms with E-state index in [1.165, 1.54) is 17.4 Å². The number of pyridine rings is 1. The molecule has 0 aliphatic rings. The quantitative estimate of drug-likeness (QED) is 0.801. The van der Waals surface area contributed by atoms with Gasteiger partial charge in [0.05, 0.1) is 11.4 Å². The molecule has 0 saturated heterocycles. The van der Waals surface area contributed by atoms with Gasteiger partial charge in [-0.3, -0.25) is 14.0 Å². The number of benzene rings is 1. The molecule has 0 fully saturated rings. The molecule has 122 valence electrons. The molecule has 6 heteroatoms. The van der Waals surface area contributed by atoms with Crippen LogP contribution >= 0.6 is 0 Å². The number of nitrogens with one attached hydrogen (secondary N) is 1. The molecule has 2 heterocycles. The van der Waals surface area contributed by atoms with Gasteiger partial charge in [-0.05, 0) is 30.7 Å². The Morgan fingerprint density at radius 3 is 2.83 bits per heavy atom. The fourth-order valence-electron chi connectivity index (χ4n) is 2.42. The second-order valence-electron chi connectivity index (χ2n) is 5.44. The van der Waals surface area contributed by atoms with Gasteiger partial charge < -0.3 is 10.1 Å². The Hall–Kier alpha value is -3.15. The summed E-state index contributed by atoms with van der Waals surface area (Å²) in [6.07, 6.45) is 1.69. The number of hydrogen-bond donors (Lipinski definition) is 1. The predicted molar refractivity (Wildman–Crippen MR) is 91.3 cm³/mol. The van der Waals surface area contributed by atoms with Crippen LogP contribution in [0.2, 0.25) is 0 Å². The van der Waals surface area contributed by atoms with Crippen LogP contribution in [0, 0.1) is 6.92 Å². The molecule has 24 heavy (non-hydrogen) atoms. The average molecular weight is 323 g/mol. The van der Waals surface area contributed by atoms with Crippen LogP contribution in [0.15, 0.2) is 53.5 Å². The van der Waals surface area contributed by atoms with E-state index in [1.54, 1.807) is 18.3 Å². The highest BCUT2D eigenvalue weighted by atomic mass is 16.5. The maximum atomic E-state index is 12.2. The van der Waals surface area contributed by atoms with Crippen LogP contribution in [0.25, 0.3) is 5.65 Å². The highest BCUT2D eigenvalue weighted by Gasteiger charge is 2.08. The molecule has 1 N–H and O–H groups in total. The minimum atomic E-state index is -0.177. The van der Waals surface area contributed by atoms with Crippen molar-refractivity contribution in [2.45, 2.75) is 20.5 Å². The number of nitrogens with zero attached hydrogens (tertiary/aromatic N) is 2. The monoisotopic (exact) mass is 323 g/mol. The van der Waals surface area contributed by atoms with Crippen LogP contribution in [0.5, 0.6) is 5.75 Å². The van der Waals surface area contributed by atoms with E-state index in [2.05, 4.69) is 10.3 Å². The predicted octanol–water partition coefficient (Wildman–Crippen LogP) is 2.54. The molecule has 0 spiro atoms. The molecule has 0 aliphatic carbocycles. The summed E-state index contributed by atoms with van der Waals surface area (Å²) >= 11 is 0. The maximum Gasteiger partial charge on any atom is 0.258 e. The van der Waals surface area contributed by atoms with Crippen molar-refractivity contribution >= 4 is 17.2 Å². The summed E-state index contributed by atoms with van der Waals surface area (Å²) in [5.74, 6) is 0.350. The van der Waals surface area contributed by atoms with Crippen LogP contribution in [-0.2, 0) is 11.4 Å². The van der Waals surface area contributed by atoms with E-state index < -0.39 is 0 Å². The number of para-hydroxylation sites is 2. The van der Waals surface area contributed by atoms with Crippen molar-refractivity contribution in [3.63, 3.8) is 0 Å². The van der Waals surface area contributed by atoms with Gasteiger partial charge in [-0.2, -0.15) is 0 Å². The van der Waals surface area contributed by atoms with Gasteiger partial charge >= 0.3 is 0 Å². The molecular weight excluding hydrogens is 306 g/mol. The zero-order valence-corrected chi connectivity index (χ0v) is 13.4. The van der Waals surface area contributed by atoms with Gasteiger partial charge in [-0.15, -0.1) is 0 Å². The number of fused-ring (bicyclic) bond motifs is 1. The third-order valence-electron chi connectivity index (χ3n) is 3.51. The first-order chi connectivity index (χ1) is 11.5. The number of rotatable bonds is 4. The molecule has 3 rings (SSSR count). The number of carbonyl (C=O) groups is 1. The molecule has 0 atom stereocenters. The van der Waals surface area contributed by atoms with E-state index in [0.29, 0.717) is 22.8 Å². The molecule has 0 radical (unpaired) electrons. The third-order valence-corrected chi connectivity index (χ3v) is 3.51. The molecule has 0 saturated carbocycles. The van der Waals surface area contributed by atoms with E-state index in [0.717, 1.165) is 5.56 Å². The van der Waals surface area contributed by atoms with Gasteiger partial charge in [0.25, 0.3) is 5.56 Å². The Bertz CT molecular complexity index is 963. The summed E-state index contributed by atoms with van der Waals surface area (Å²) in [6, 6.07) is 12.3. The van der Waals surface area contributed by atoms with Gasteiger partial charge in [-0.1, -0.05) is 18.2 Å². The SMILES string of the molecule is CC(=O)Nc1ccccc1OCc1cc(=O)n2cccc(C)c2n1. The zero-order chi connectivity index (χ0) is 17.1. The fourth-order valence-corrected chi connectivity index (χ4v) is 2.42. The van der Waals surface area contributed by atoms with Gasteiger partial charge in [0.1, 0.15) is 18.0 Å². The van der Waals surface area contributed by atoms with Crippen molar-refractivity contribution in [2.75, 3.05) is 5.32 Å². The summed E-state index contributed by atoms with van der Waals surface area (Å²) in [7, 11) is 0. The second-order valence-corrected chi connectivity index (χ2v) is 5.44. The number of anilines is 1. The Kier molecular flexibility index (Phi) is 4.29. The van der Waals surface area contributed by atoms with Crippen LogP contribution in [0.1, 0.15) is 18.2 Å². The van der Waals surface area contributed by atoms with Gasteiger partial charge in [0, 0.05) is 19.2 Å². The van der Waals surface area contributed by atoms with Crippen molar-refractivity contribution in [3.8, 4) is 5.75 Å². The molecule has 3 aromatic rings. The number of ether oxygens (including phenoxy) is 1. The van der Waals surface area contributed by atoms with Crippen molar-refractivity contribution < 1.29 is 9.53 Å². The highest BCUT2D eigenvalue weighted by Crippen LogP contribution is 2.24. The van der Waals surface area contributed by atoms with E-state index in [4.69, 9.17) is 4.74 Å². The summed E-state index contributed by atoms with van der Waals surface area (Å²) in [5, 5.41) is 2.71.